The van der Waals surface area contributed by atoms with Gasteiger partial charge >= 0.3 is 0 Å². The number of aromatic nitrogens is 2. The smallest absolute Gasteiger partial charge is 0.249 e. The fraction of sp³-hybridized carbons (Fsp3) is 0.318. The van der Waals surface area contributed by atoms with E-state index < -0.39 is 5.38 Å². The first-order chi connectivity index (χ1) is 14.2. The van der Waals surface area contributed by atoms with E-state index in [0.717, 1.165) is 36.1 Å². The van der Waals surface area contributed by atoms with Gasteiger partial charge in [-0.1, -0.05) is 47.6 Å². The van der Waals surface area contributed by atoms with Crippen molar-refractivity contribution >= 4 is 17.5 Å². The second kappa shape index (κ2) is 8.66. The Labute approximate surface area is 174 Å². The summed E-state index contributed by atoms with van der Waals surface area (Å²) in [4.78, 5) is 19.5. The largest absolute Gasteiger partial charge is 0.497 e. The van der Waals surface area contributed by atoms with Gasteiger partial charge in [0, 0.05) is 12.1 Å². The van der Waals surface area contributed by atoms with Gasteiger partial charge in [0.25, 0.3) is 0 Å². The number of alkyl halides is 1. The van der Waals surface area contributed by atoms with Crippen molar-refractivity contribution in [3.8, 4) is 17.1 Å². The van der Waals surface area contributed by atoms with E-state index in [1.807, 2.05) is 54.6 Å². The van der Waals surface area contributed by atoms with Gasteiger partial charge in [-0.2, -0.15) is 4.98 Å². The molecule has 0 unspecified atom stereocenters. The molecule has 2 aromatic carbocycles. The third kappa shape index (κ3) is 4.12. The molecular weight excluding hydrogens is 390 g/mol. The van der Waals surface area contributed by atoms with Crippen LogP contribution < -0.4 is 4.74 Å². The molecule has 0 aliphatic carbocycles. The number of carbonyl (C=O) groups excluding carboxylic acids is 1. The Bertz CT molecular complexity index is 976. The maximum absolute atomic E-state index is 13.1. The quantitative estimate of drug-likeness (QED) is 0.565. The summed E-state index contributed by atoms with van der Waals surface area (Å²) in [6.07, 6.45) is 2.69. The molecule has 1 amide bonds. The molecular formula is C22H22ClN3O3. The summed E-state index contributed by atoms with van der Waals surface area (Å²) >= 11 is 6.51. The van der Waals surface area contributed by atoms with Crippen molar-refractivity contribution in [3.63, 3.8) is 0 Å². The lowest BCUT2D eigenvalue weighted by Crippen LogP contribution is -2.40. The van der Waals surface area contributed by atoms with Crippen molar-refractivity contribution in [2.75, 3.05) is 13.7 Å². The van der Waals surface area contributed by atoms with Crippen LogP contribution in [0.5, 0.6) is 5.75 Å². The Morgan fingerprint density at radius 1 is 1.21 bits per heavy atom. The number of halogens is 1. The topological polar surface area (TPSA) is 68.5 Å². The first-order valence-electron chi connectivity index (χ1n) is 9.65. The molecule has 1 aliphatic heterocycles. The average Bonchev–Trinajstić information content (AvgIpc) is 3.29. The fourth-order valence-corrected chi connectivity index (χ4v) is 3.88. The van der Waals surface area contributed by atoms with Crippen LogP contribution in [0, 0.1) is 0 Å². The minimum Gasteiger partial charge on any atom is -0.497 e. The summed E-state index contributed by atoms with van der Waals surface area (Å²) in [5.74, 6) is 1.50. The molecule has 0 radical (unpaired) electrons. The van der Waals surface area contributed by atoms with Crippen molar-refractivity contribution in [3.05, 3.63) is 66.1 Å². The molecule has 150 valence electrons. The van der Waals surface area contributed by atoms with Gasteiger partial charge in [0.15, 0.2) is 0 Å². The lowest BCUT2D eigenvalue weighted by atomic mass is 10.0. The molecule has 1 fully saturated rings. The van der Waals surface area contributed by atoms with Crippen LogP contribution in [-0.4, -0.2) is 34.6 Å². The molecule has 3 aromatic rings. The van der Waals surface area contributed by atoms with E-state index in [2.05, 4.69) is 10.1 Å². The number of piperidine rings is 1. The van der Waals surface area contributed by atoms with Gasteiger partial charge in [-0.3, -0.25) is 4.79 Å². The Morgan fingerprint density at radius 2 is 2.03 bits per heavy atom. The maximum atomic E-state index is 13.1. The first-order valence-corrected chi connectivity index (χ1v) is 10.1. The minimum absolute atomic E-state index is 0.135. The minimum atomic E-state index is -0.738. The van der Waals surface area contributed by atoms with Gasteiger partial charge < -0.3 is 14.2 Å². The number of likely N-dealkylation sites (tertiary alicyclic amines) is 1. The lowest BCUT2D eigenvalue weighted by Gasteiger charge is -2.34. The van der Waals surface area contributed by atoms with Crippen LogP contribution in [0.25, 0.3) is 11.4 Å². The molecule has 29 heavy (non-hydrogen) atoms. The molecule has 1 aliphatic rings. The van der Waals surface area contributed by atoms with E-state index in [1.54, 1.807) is 12.0 Å². The molecule has 0 saturated carbocycles. The predicted molar refractivity (Wildman–Crippen MR) is 110 cm³/mol. The third-order valence-electron chi connectivity index (χ3n) is 5.15. The van der Waals surface area contributed by atoms with Crippen LogP contribution >= 0.6 is 11.6 Å². The van der Waals surface area contributed by atoms with Crippen molar-refractivity contribution in [2.45, 2.75) is 30.7 Å². The molecule has 0 bridgehead atoms. The second-order valence-corrected chi connectivity index (χ2v) is 7.44. The highest BCUT2D eigenvalue weighted by atomic mass is 35.5. The van der Waals surface area contributed by atoms with E-state index in [4.69, 9.17) is 20.9 Å². The second-order valence-electron chi connectivity index (χ2n) is 7.00. The number of ether oxygens (including phenoxy) is 1. The molecule has 6 nitrogen and oxygen atoms in total. The highest BCUT2D eigenvalue weighted by Gasteiger charge is 2.35. The monoisotopic (exact) mass is 411 g/mol. The van der Waals surface area contributed by atoms with Crippen LogP contribution in [0.15, 0.2) is 59.1 Å². The van der Waals surface area contributed by atoms with Gasteiger partial charge in [-0.05, 0) is 37.0 Å². The van der Waals surface area contributed by atoms with Gasteiger partial charge in [0.2, 0.25) is 17.6 Å². The first kappa shape index (κ1) is 19.5. The summed E-state index contributed by atoms with van der Waals surface area (Å²) in [6.45, 7) is 0.621. The zero-order valence-corrected chi connectivity index (χ0v) is 16.9. The van der Waals surface area contributed by atoms with Crippen LogP contribution in [0.1, 0.15) is 42.1 Å². The van der Waals surface area contributed by atoms with Gasteiger partial charge in [-0.25, -0.2) is 0 Å². The highest BCUT2D eigenvalue weighted by molar-refractivity contribution is 6.30. The van der Waals surface area contributed by atoms with Crippen LogP contribution in [0.3, 0.4) is 0 Å². The van der Waals surface area contributed by atoms with E-state index >= 15 is 0 Å². The standard InChI is InChI=1S/C22H22ClN3O3/c1-28-17-11-7-10-16(14-17)20-24-21(29-25-20)18-12-5-6-13-26(18)22(27)19(23)15-8-3-2-4-9-15/h2-4,7-11,14,18-19H,5-6,12-13H2,1H3/t18-,19-/m1/s1. The molecule has 0 N–H and O–H groups in total. The highest BCUT2D eigenvalue weighted by Crippen LogP contribution is 2.35. The normalized spacial score (nSPS) is 17.7. The van der Waals surface area contributed by atoms with E-state index in [1.165, 1.54) is 0 Å². The summed E-state index contributed by atoms with van der Waals surface area (Å²) < 4.78 is 10.8. The number of rotatable bonds is 5. The lowest BCUT2D eigenvalue weighted by molar-refractivity contribution is -0.135. The number of carbonyl (C=O) groups is 1. The van der Waals surface area contributed by atoms with Crippen LogP contribution in [-0.2, 0) is 4.79 Å². The number of benzene rings is 2. The Kier molecular flexibility index (Phi) is 5.81. The fourth-order valence-electron chi connectivity index (χ4n) is 3.61. The van der Waals surface area contributed by atoms with Crippen molar-refractivity contribution in [1.29, 1.82) is 0 Å². The maximum Gasteiger partial charge on any atom is 0.249 e. The third-order valence-corrected chi connectivity index (χ3v) is 5.59. The Balaban J connectivity index is 1.58. The van der Waals surface area contributed by atoms with Crippen LogP contribution in [0.4, 0.5) is 0 Å². The van der Waals surface area contributed by atoms with Gasteiger partial charge in [0.05, 0.1) is 7.11 Å². The van der Waals surface area contributed by atoms with E-state index in [9.17, 15) is 4.79 Å². The van der Waals surface area contributed by atoms with Gasteiger partial charge in [0.1, 0.15) is 17.2 Å². The van der Waals surface area contributed by atoms with Crippen molar-refractivity contribution in [1.82, 2.24) is 15.0 Å². The predicted octanol–water partition coefficient (Wildman–Crippen LogP) is 4.78. The van der Waals surface area contributed by atoms with E-state index in [0.29, 0.717) is 18.3 Å². The molecule has 2 atom stereocenters. The molecule has 1 saturated heterocycles. The molecule has 2 heterocycles. The number of methoxy groups -OCH3 is 1. The SMILES string of the molecule is COc1cccc(-c2noc([C@H]3CCCCN3C(=O)[C@H](Cl)c3ccccc3)n2)c1. The van der Waals surface area contributed by atoms with Gasteiger partial charge in [-0.15, -0.1) is 11.6 Å². The summed E-state index contributed by atoms with van der Waals surface area (Å²) in [5, 5.41) is 3.38. The van der Waals surface area contributed by atoms with Crippen molar-refractivity contribution in [2.24, 2.45) is 0 Å². The zero-order valence-electron chi connectivity index (χ0n) is 16.1. The zero-order chi connectivity index (χ0) is 20.2. The summed E-state index contributed by atoms with van der Waals surface area (Å²) in [6, 6.07) is 16.6. The Morgan fingerprint density at radius 3 is 2.83 bits per heavy atom. The van der Waals surface area contributed by atoms with Crippen molar-refractivity contribution < 1.29 is 14.1 Å². The molecule has 0 spiro atoms. The number of amides is 1. The Hall–Kier alpha value is -2.86. The molecule has 7 heteroatoms. The molecule has 1 aromatic heterocycles. The summed E-state index contributed by atoms with van der Waals surface area (Å²) in [5.41, 5.74) is 1.58. The molecule has 4 rings (SSSR count). The number of hydrogen-bond donors (Lipinski definition) is 0. The number of hydrogen-bond acceptors (Lipinski definition) is 5. The summed E-state index contributed by atoms with van der Waals surface area (Å²) in [7, 11) is 1.61. The number of nitrogens with zero attached hydrogens (tertiary/aromatic N) is 3. The van der Waals surface area contributed by atoms with Crippen LogP contribution in [0.2, 0.25) is 0 Å². The van der Waals surface area contributed by atoms with E-state index in [-0.39, 0.29) is 11.9 Å². The average molecular weight is 412 g/mol.